The van der Waals surface area contributed by atoms with E-state index in [-0.39, 0.29) is 0 Å². The zero-order chi connectivity index (χ0) is 17.0. The zero-order valence-corrected chi connectivity index (χ0v) is 15.4. The quantitative estimate of drug-likeness (QED) is 0.557. The maximum atomic E-state index is 2.31. The van der Waals surface area contributed by atoms with Gasteiger partial charge >= 0.3 is 0 Å². The van der Waals surface area contributed by atoms with Crippen LogP contribution in [0.25, 0.3) is 17.2 Å². The first-order valence-electron chi connectivity index (χ1n) is 8.57. The molecule has 2 aromatic carbocycles. The van der Waals surface area contributed by atoms with Gasteiger partial charge in [-0.05, 0) is 42.5 Å². The summed E-state index contributed by atoms with van der Waals surface area (Å²) in [6.45, 7) is 14.4. The molecule has 0 saturated heterocycles. The Hall–Kier alpha value is -1.82. The first-order chi connectivity index (χ1) is 10.7. The highest BCUT2D eigenvalue weighted by Crippen LogP contribution is 2.24. The third-order valence-corrected chi connectivity index (χ3v) is 3.25. The van der Waals surface area contributed by atoms with Gasteiger partial charge in [-0.25, -0.2) is 0 Å². The SMILES string of the molecule is C/C=C\c1ccc(-c2ccc(C)cc2)cc1CC.CC.CC. The van der Waals surface area contributed by atoms with Crippen LogP contribution in [0.4, 0.5) is 0 Å². The van der Waals surface area contributed by atoms with Gasteiger partial charge in [0.25, 0.3) is 0 Å². The minimum atomic E-state index is 1.07. The van der Waals surface area contributed by atoms with Crippen molar-refractivity contribution in [3.05, 3.63) is 65.2 Å². The van der Waals surface area contributed by atoms with E-state index in [1.165, 1.54) is 27.8 Å². The largest absolute Gasteiger partial charge is 0.0871 e. The molecule has 0 aromatic heterocycles. The van der Waals surface area contributed by atoms with Crippen LogP contribution in [0.2, 0.25) is 0 Å². The van der Waals surface area contributed by atoms with Gasteiger partial charge in [-0.2, -0.15) is 0 Å². The first kappa shape index (κ1) is 20.2. The van der Waals surface area contributed by atoms with E-state index in [0.29, 0.717) is 0 Å². The van der Waals surface area contributed by atoms with Gasteiger partial charge in [0.1, 0.15) is 0 Å². The topological polar surface area (TPSA) is 0 Å². The number of rotatable bonds is 3. The summed E-state index contributed by atoms with van der Waals surface area (Å²) in [5, 5.41) is 0. The van der Waals surface area contributed by atoms with Crippen LogP contribution >= 0.6 is 0 Å². The molecule has 0 atom stereocenters. The van der Waals surface area contributed by atoms with E-state index in [4.69, 9.17) is 0 Å². The molecule has 0 heteroatoms. The fraction of sp³-hybridized carbons (Fsp3) is 0.364. The van der Waals surface area contributed by atoms with Crippen LogP contribution in [0.5, 0.6) is 0 Å². The molecule has 0 bridgehead atoms. The van der Waals surface area contributed by atoms with Crippen LogP contribution in [0.1, 0.15) is 58.2 Å². The summed E-state index contributed by atoms with van der Waals surface area (Å²) in [4.78, 5) is 0. The lowest BCUT2D eigenvalue weighted by Crippen LogP contribution is -1.88. The van der Waals surface area contributed by atoms with E-state index in [9.17, 15) is 0 Å². The summed E-state index contributed by atoms with van der Waals surface area (Å²) >= 11 is 0. The molecule has 0 unspecified atom stereocenters. The predicted molar refractivity (Wildman–Crippen MR) is 103 cm³/mol. The second kappa shape index (κ2) is 11.8. The number of aryl methyl sites for hydroxylation is 2. The Bertz CT molecular complexity index is 545. The molecule has 0 aliphatic rings. The van der Waals surface area contributed by atoms with Crippen molar-refractivity contribution in [3.8, 4) is 11.1 Å². The summed E-state index contributed by atoms with van der Waals surface area (Å²) in [6, 6.07) is 15.5. The minimum absolute atomic E-state index is 1.07. The lowest BCUT2D eigenvalue weighted by Gasteiger charge is -2.08. The number of benzene rings is 2. The van der Waals surface area contributed by atoms with Crippen LogP contribution in [0, 0.1) is 6.92 Å². The van der Waals surface area contributed by atoms with Crippen molar-refractivity contribution in [1.82, 2.24) is 0 Å². The van der Waals surface area contributed by atoms with Gasteiger partial charge in [0.2, 0.25) is 0 Å². The highest BCUT2D eigenvalue weighted by atomic mass is 14.1. The Morgan fingerprint density at radius 2 is 1.36 bits per heavy atom. The van der Waals surface area contributed by atoms with Crippen molar-refractivity contribution in [3.63, 3.8) is 0 Å². The van der Waals surface area contributed by atoms with Gasteiger partial charge in [-0.15, -0.1) is 0 Å². The van der Waals surface area contributed by atoms with Crippen LogP contribution in [-0.2, 0) is 6.42 Å². The Morgan fingerprint density at radius 3 is 1.86 bits per heavy atom. The molecular formula is C22H32. The van der Waals surface area contributed by atoms with Gasteiger partial charge in [0.05, 0.1) is 0 Å². The average Bonchev–Trinajstić information content (AvgIpc) is 2.60. The summed E-state index contributed by atoms with van der Waals surface area (Å²) < 4.78 is 0. The van der Waals surface area contributed by atoms with Gasteiger partial charge in [-0.1, -0.05) is 94.8 Å². The second-order valence-electron chi connectivity index (χ2n) is 4.63. The third kappa shape index (κ3) is 5.89. The van der Waals surface area contributed by atoms with Gasteiger partial charge < -0.3 is 0 Å². The first-order valence-corrected chi connectivity index (χ1v) is 8.57. The Kier molecular flexibility index (Phi) is 10.8. The Balaban J connectivity index is 0.00000102. The molecule has 0 amide bonds. The summed E-state index contributed by atoms with van der Waals surface area (Å²) in [6.07, 6.45) is 5.34. The molecular weight excluding hydrogens is 264 g/mol. The Morgan fingerprint density at radius 1 is 0.818 bits per heavy atom. The monoisotopic (exact) mass is 296 g/mol. The van der Waals surface area contributed by atoms with E-state index in [0.717, 1.165) is 6.42 Å². The summed E-state index contributed by atoms with van der Waals surface area (Å²) in [7, 11) is 0. The van der Waals surface area contributed by atoms with E-state index in [1.54, 1.807) is 0 Å². The molecule has 22 heavy (non-hydrogen) atoms. The van der Waals surface area contributed by atoms with Crippen molar-refractivity contribution in [2.75, 3.05) is 0 Å². The van der Waals surface area contributed by atoms with Crippen LogP contribution < -0.4 is 0 Å². The standard InChI is InChI=1S/C18H20.2C2H6/c1-4-6-16-11-12-18(13-15(16)5-2)17-9-7-14(3)8-10-17;2*1-2/h4,6-13H,5H2,1-3H3;2*1-2H3/b6-4-;;. The lowest BCUT2D eigenvalue weighted by molar-refractivity contribution is 1.13. The molecule has 120 valence electrons. The molecule has 0 aliphatic carbocycles. The van der Waals surface area contributed by atoms with Crippen LogP contribution in [0.15, 0.2) is 48.5 Å². The fourth-order valence-electron chi connectivity index (χ4n) is 2.18. The predicted octanol–water partition coefficient (Wildman–Crippen LogP) is 7.31. The molecule has 0 saturated carbocycles. The lowest BCUT2D eigenvalue weighted by atomic mass is 9.97. The number of allylic oxidation sites excluding steroid dienone is 1. The van der Waals surface area contributed by atoms with Crippen molar-refractivity contribution < 1.29 is 0 Å². The number of hydrogen-bond acceptors (Lipinski definition) is 0. The molecule has 0 aliphatic heterocycles. The molecule has 0 heterocycles. The zero-order valence-electron chi connectivity index (χ0n) is 15.4. The van der Waals surface area contributed by atoms with Gasteiger partial charge in [-0.3, -0.25) is 0 Å². The van der Waals surface area contributed by atoms with Gasteiger partial charge in [0, 0.05) is 0 Å². The van der Waals surface area contributed by atoms with Crippen molar-refractivity contribution in [2.24, 2.45) is 0 Å². The van der Waals surface area contributed by atoms with E-state index in [2.05, 4.69) is 75.4 Å². The highest BCUT2D eigenvalue weighted by molar-refractivity contribution is 5.68. The molecule has 2 aromatic rings. The molecule has 0 spiro atoms. The second-order valence-corrected chi connectivity index (χ2v) is 4.63. The normalized spacial score (nSPS) is 9.59. The van der Waals surface area contributed by atoms with E-state index >= 15 is 0 Å². The highest BCUT2D eigenvalue weighted by Gasteiger charge is 2.02. The van der Waals surface area contributed by atoms with Crippen LogP contribution in [-0.4, -0.2) is 0 Å². The summed E-state index contributed by atoms with van der Waals surface area (Å²) in [5.41, 5.74) is 6.64. The maximum absolute atomic E-state index is 2.31. The summed E-state index contributed by atoms with van der Waals surface area (Å²) in [5.74, 6) is 0. The maximum Gasteiger partial charge on any atom is -0.0181 e. The fourth-order valence-corrected chi connectivity index (χ4v) is 2.18. The smallest absolute Gasteiger partial charge is 0.0181 e. The van der Waals surface area contributed by atoms with Crippen LogP contribution in [0.3, 0.4) is 0 Å². The van der Waals surface area contributed by atoms with E-state index in [1.807, 2.05) is 27.7 Å². The van der Waals surface area contributed by atoms with Crippen molar-refractivity contribution in [2.45, 2.75) is 54.9 Å². The Labute approximate surface area is 137 Å². The molecule has 0 radical (unpaired) electrons. The molecule has 0 fully saturated rings. The molecule has 2 rings (SSSR count). The van der Waals surface area contributed by atoms with Gasteiger partial charge in [0.15, 0.2) is 0 Å². The van der Waals surface area contributed by atoms with Crippen molar-refractivity contribution >= 4 is 6.08 Å². The molecule has 0 N–H and O–H groups in total. The van der Waals surface area contributed by atoms with E-state index < -0.39 is 0 Å². The molecule has 0 nitrogen and oxygen atoms in total. The minimum Gasteiger partial charge on any atom is -0.0871 e. The average molecular weight is 296 g/mol. The number of hydrogen-bond donors (Lipinski definition) is 0. The third-order valence-electron chi connectivity index (χ3n) is 3.25. The van der Waals surface area contributed by atoms with Crippen molar-refractivity contribution in [1.29, 1.82) is 0 Å².